The van der Waals surface area contributed by atoms with E-state index in [0.717, 1.165) is 38.5 Å². The first-order valence-electron chi connectivity index (χ1n) is 9.42. The van der Waals surface area contributed by atoms with Gasteiger partial charge >= 0.3 is 5.97 Å². The molecule has 0 aliphatic heterocycles. The van der Waals surface area contributed by atoms with Gasteiger partial charge in [-0.15, -0.1) is 0 Å². The highest BCUT2D eigenvalue weighted by molar-refractivity contribution is 5.92. The maximum absolute atomic E-state index is 12.3. The highest BCUT2D eigenvalue weighted by Crippen LogP contribution is 2.23. The summed E-state index contributed by atoms with van der Waals surface area (Å²) in [6.07, 6.45) is 10.4. The van der Waals surface area contributed by atoms with E-state index >= 15 is 0 Å². The van der Waals surface area contributed by atoms with Crippen molar-refractivity contribution in [3.63, 3.8) is 0 Å². The molecule has 25 heavy (non-hydrogen) atoms. The molecule has 0 spiro atoms. The Bertz CT molecular complexity index is 678. The molecule has 0 radical (unpaired) electrons. The molecule has 4 nitrogen and oxygen atoms in total. The predicted molar refractivity (Wildman–Crippen MR) is 97.5 cm³/mol. The van der Waals surface area contributed by atoms with Crippen LogP contribution in [-0.2, 0) is 22.4 Å². The van der Waals surface area contributed by atoms with Crippen molar-refractivity contribution >= 4 is 11.9 Å². The molecule has 1 amide bonds. The van der Waals surface area contributed by atoms with Crippen LogP contribution in [0.4, 0.5) is 0 Å². The molecule has 1 N–H and O–H groups in total. The van der Waals surface area contributed by atoms with E-state index in [1.807, 2.05) is 12.1 Å². The second kappa shape index (κ2) is 8.32. The van der Waals surface area contributed by atoms with E-state index in [-0.39, 0.29) is 5.91 Å². The van der Waals surface area contributed by atoms with Gasteiger partial charge in [0, 0.05) is 6.54 Å². The normalized spacial score (nSPS) is 17.4. The Labute approximate surface area is 149 Å². The summed E-state index contributed by atoms with van der Waals surface area (Å²) in [5.74, 6) is -0.654. The van der Waals surface area contributed by atoms with E-state index < -0.39 is 12.1 Å². The van der Waals surface area contributed by atoms with Crippen LogP contribution in [0.3, 0.4) is 0 Å². The number of rotatable bonds is 6. The fraction of sp³-hybridized carbons (Fsp3) is 0.524. The van der Waals surface area contributed by atoms with E-state index in [1.165, 1.54) is 29.5 Å². The SMILES string of the molecule is C[C@H](OC(=O)c1ccc2c(c1)CCC2)C(=O)NCCC1=CCCCC1. The molecule has 0 fully saturated rings. The molecule has 0 heterocycles. The van der Waals surface area contributed by atoms with Gasteiger partial charge in [-0.2, -0.15) is 0 Å². The molecule has 2 aliphatic rings. The summed E-state index contributed by atoms with van der Waals surface area (Å²) >= 11 is 0. The Morgan fingerprint density at radius 3 is 2.76 bits per heavy atom. The third kappa shape index (κ3) is 4.71. The van der Waals surface area contributed by atoms with Gasteiger partial charge in [0.15, 0.2) is 6.10 Å². The Morgan fingerprint density at radius 2 is 1.96 bits per heavy atom. The Balaban J connectivity index is 1.45. The van der Waals surface area contributed by atoms with Crippen molar-refractivity contribution < 1.29 is 14.3 Å². The van der Waals surface area contributed by atoms with Crippen molar-refractivity contribution in [2.45, 2.75) is 64.4 Å². The van der Waals surface area contributed by atoms with Crippen molar-refractivity contribution in [1.82, 2.24) is 5.32 Å². The third-order valence-electron chi connectivity index (χ3n) is 5.12. The quantitative estimate of drug-likeness (QED) is 0.634. The molecule has 0 aromatic heterocycles. The van der Waals surface area contributed by atoms with Crippen LogP contribution in [0.2, 0.25) is 0 Å². The number of fused-ring (bicyclic) bond motifs is 1. The lowest BCUT2D eigenvalue weighted by Gasteiger charge is -2.16. The van der Waals surface area contributed by atoms with E-state index in [4.69, 9.17) is 4.74 Å². The third-order valence-corrected chi connectivity index (χ3v) is 5.12. The molecule has 134 valence electrons. The number of hydrogen-bond acceptors (Lipinski definition) is 3. The first-order valence-corrected chi connectivity index (χ1v) is 9.42. The summed E-state index contributed by atoms with van der Waals surface area (Å²) in [7, 11) is 0. The number of ether oxygens (including phenoxy) is 1. The molecule has 1 aromatic carbocycles. The Morgan fingerprint density at radius 1 is 1.12 bits per heavy atom. The number of allylic oxidation sites excluding steroid dienone is 1. The Hall–Kier alpha value is -2.10. The number of hydrogen-bond donors (Lipinski definition) is 1. The van der Waals surface area contributed by atoms with Crippen LogP contribution < -0.4 is 5.32 Å². The number of benzene rings is 1. The lowest BCUT2D eigenvalue weighted by atomic mass is 9.97. The van der Waals surface area contributed by atoms with Crippen LogP contribution in [-0.4, -0.2) is 24.5 Å². The predicted octanol–water partition coefficient (Wildman–Crippen LogP) is 3.73. The van der Waals surface area contributed by atoms with Crippen LogP contribution in [0, 0.1) is 0 Å². The summed E-state index contributed by atoms with van der Waals surface area (Å²) in [6, 6.07) is 5.71. The topological polar surface area (TPSA) is 55.4 Å². The van der Waals surface area contributed by atoms with Crippen LogP contribution in [0.25, 0.3) is 0 Å². The number of carbonyl (C=O) groups is 2. The fourth-order valence-corrected chi connectivity index (χ4v) is 3.60. The summed E-state index contributed by atoms with van der Waals surface area (Å²) in [4.78, 5) is 24.4. The van der Waals surface area contributed by atoms with Gasteiger partial charge in [-0.1, -0.05) is 17.7 Å². The van der Waals surface area contributed by atoms with E-state index in [9.17, 15) is 9.59 Å². The maximum atomic E-state index is 12.3. The van der Waals surface area contributed by atoms with Crippen molar-refractivity contribution in [2.24, 2.45) is 0 Å². The largest absolute Gasteiger partial charge is 0.449 e. The average molecular weight is 341 g/mol. The number of aryl methyl sites for hydroxylation is 2. The maximum Gasteiger partial charge on any atom is 0.338 e. The molecule has 0 saturated heterocycles. The van der Waals surface area contributed by atoms with Gasteiger partial charge in [-0.3, -0.25) is 4.79 Å². The highest BCUT2D eigenvalue weighted by Gasteiger charge is 2.20. The lowest BCUT2D eigenvalue weighted by molar-refractivity contribution is -0.129. The van der Waals surface area contributed by atoms with Crippen molar-refractivity contribution in [3.8, 4) is 0 Å². The molecule has 0 unspecified atom stereocenters. The summed E-state index contributed by atoms with van der Waals surface area (Å²) in [5.41, 5.74) is 4.51. The second-order valence-corrected chi connectivity index (χ2v) is 7.03. The van der Waals surface area contributed by atoms with Gasteiger partial charge in [-0.25, -0.2) is 4.79 Å². The number of nitrogens with one attached hydrogen (secondary N) is 1. The van der Waals surface area contributed by atoms with E-state index in [0.29, 0.717) is 12.1 Å². The zero-order chi connectivity index (χ0) is 17.6. The zero-order valence-corrected chi connectivity index (χ0v) is 15.0. The molecule has 1 aromatic rings. The first kappa shape index (κ1) is 17.7. The van der Waals surface area contributed by atoms with Crippen LogP contribution in [0.15, 0.2) is 29.8 Å². The molecular weight excluding hydrogens is 314 g/mol. The summed E-state index contributed by atoms with van der Waals surface area (Å²) in [6.45, 7) is 2.23. The minimum atomic E-state index is -0.777. The van der Waals surface area contributed by atoms with Gasteiger partial charge in [0.05, 0.1) is 5.56 Å². The Kier molecular flexibility index (Phi) is 5.90. The standard InChI is InChI=1S/C21H27NO3/c1-15(20(23)22-13-12-16-6-3-2-4-7-16)25-21(24)19-11-10-17-8-5-9-18(17)14-19/h6,10-11,14-15H,2-5,7-9,12-13H2,1H3,(H,22,23)/t15-/m0/s1. The monoisotopic (exact) mass is 341 g/mol. The van der Waals surface area contributed by atoms with Crippen molar-refractivity contribution in [1.29, 1.82) is 0 Å². The van der Waals surface area contributed by atoms with Crippen LogP contribution in [0.1, 0.15) is 66.9 Å². The molecule has 3 rings (SSSR count). The number of amides is 1. The first-order chi connectivity index (χ1) is 12.1. The fourth-order valence-electron chi connectivity index (χ4n) is 3.60. The minimum absolute atomic E-state index is 0.231. The van der Waals surface area contributed by atoms with Gasteiger partial charge in [0.25, 0.3) is 5.91 Å². The molecular formula is C21H27NO3. The van der Waals surface area contributed by atoms with Crippen LogP contribution in [0.5, 0.6) is 0 Å². The number of carbonyl (C=O) groups excluding carboxylic acids is 2. The lowest BCUT2D eigenvalue weighted by Crippen LogP contribution is -2.36. The molecule has 0 bridgehead atoms. The summed E-state index contributed by atoms with van der Waals surface area (Å²) in [5, 5.41) is 2.87. The second-order valence-electron chi connectivity index (χ2n) is 7.03. The molecule has 1 atom stereocenters. The van der Waals surface area contributed by atoms with Gasteiger partial charge in [-0.05, 0) is 81.5 Å². The van der Waals surface area contributed by atoms with Crippen molar-refractivity contribution in [2.75, 3.05) is 6.54 Å². The summed E-state index contributed by atoms with van der Waals surface area (Å²) < 4.78 is 5.33. The van der Waals surface area contributed by atoms with Gasteiger partial charge in [0.2, 0.25) is 0 Å². The molecule has 4 heteroatoms. The number of esters is 1. The van der Waals surface area contributed by atoms with Crippen molar-refractivity contribution in [3.05, 3.63) is 46.5 Å². The van der Waals surface area contributed by atoms with Gasteiger partial charge in [0.1, 0.15) is 0 Å². The van der Waals surface area contributed by atoms with Gasteiger partial charge < -0.3 is 10.1 Å². The zero-order valence-electron chi connectivity index (χ0n) is 15.0. The highest BCUT2D eigenvalue weighted by atomic mass is 16.5. The smallest absolute Gasteiger partial charge is 0.338 e. The van der Waals surface area contributed by atoms with Crippen LogP contribution >= 0.6 is 0 Å². The van der Waals surface area contributed by atoms with E-state index in [1.54, 1.807) is 13.0 Å². The minimum Gasteiger partial charge on any atom is -0.449 e. The molecule has 2 aliphatic carbocycles. The molecule has 0 saturated carbocycles. The van der Waals surface area contributed by atoms with E-state index in [2.05, 4.69) is 11.4 Å². The average Bonchev–Trinajstić information content (AvgIpc) is 3.10.